The van der Waals surface area contributed by atoms with Crippen molar-refractivity contribution in [3.8, 4) is 85.3 Å². The van der Waals surface area contributed by atoms with E-state index < -0.39 is 10.8 Å². The van der Waals surface area contributed by atoms with Crippen molar-refractivity contribution in [1.82, 2.24) is 124 Å². The molecular weight excluding hydrogens is 1840 g/mol. The molecule has 15 aromatic heterocycles. The topological polar surface area (TPSA) is 362 Å². The molecule has 33 nitrogen and oxygen atoms in total. The van der Waals surface area contributed by atoms with Gasteiger partial charge in [0.15, 0.2) is 57.4 Å². The second-order valence-corrected chi connectivity index (χ2v) is 32.5. The number of para-hydroxylation sites is 1. The number of pyridine rings is 5. The zero-order valence-electron chi connectivity index (χ0n) is 74.8. The van der Waals surface area contributed by atoms with Crippen LogP contribution in [-0.2, 0) is 49.2 Å². The van der Waals surface area contributed by atoms with Crippen LogP contribution in [0.15, 0.2) is 345 Å². The fourth-order valence-electron chi connectivity index (χ4n) is 15.5. The summed E-state index contributed by atoms with van der Waals surface area (Å²) in [6, 6.07) is 95.1. The number of methoxy groups -OCH3 is 4. The van der Waals surface area contributed by atoms with Crippen LogP contribution in [0.25, 0.3) is 128 Å². The number of aryl methyl sites for hydroxylation is 2. The van der Waals surface area contributed by atoms with Crippen molar-refractivity contribution in [1.29, 1.82) is 0 Å². The number of rotatable bonds is 23. The van der Waals surface area contributed by atoms with E-state index in [2.05, 4.69) is 121 Å². The molecule has 0 amide bonds. The molecule has 24 aromatic rings. The molecule has 1 atom stereocenters. The molecule has 0 aliphatic rings. The Morgan fingerprint density at radius 2 is 0.632 bits per heavy atom. The largest absolute Gasteiger partial charge is 0.497 e. The van der Waals surface area contributed by atoms with E-state index in [0.29, 0.717) is 73.5 Å². The van der Waals surface area contributed by atoms with Crippen LogP contribution in [0.2, 0.25) is 0 Å². The van der Waals surface area contributed by atoms with E-state index >= 15 is 0 Å². The number of ether oxygens (including phenoxy) is 7. The van der Waals surface area contributed by atoms with E-state index in [9.17, 15) is 8.60 Å². The highest BCUT2D eigenvalue weighted by Gasteiger charge is 2.21. The molecule has 15 heterocycles. The van der Waals surface area contributed by atoms with Gasteiger partial charge in [-0.05, 0) is 176 Å². The van der Waals surface area contributed by atoms with Gasteiger partial charge in [-0.2, -0.15) is 48.1 Å². The highest BCUT2D eigenvalue weighted by molar-refractivity contribution is 7.84. The summed E-state index contributed by atoms with van der Waals surface area (Å²) in [5, 5.41) is 69.5. The summed E-state index contributed by atoms with van der Waals surface area (Å²) >= 11 is 0. The van der Waals surface area contributed by atoms with Crippen molar-refractivity contribution >= 4 is 93.6 Å². The molecule has 0 bridgehead atoms. The summed E-state index contributed by atoms with van der Waals surface area (Å²) < 4.78 is 74.2. The molecule has 144 heavy (non-hydrogen) atoms. The lowest BCUT2D eigenvalue weighted by molar-refractivity contribution is 0.296. The minimum Gasteiger partial charge on any atom is -0.497 e. The van der Waals surface area contributed by atoms with Crippen LogP contribution in [-0.4, -0.2) is 157 Å². The molecule has 0 N–H and O–H groups in total. The van der Waals surface area contributed by atoms with Crippen LogP contribution in [0.5, 0.6) is 40.2 Å². The van der Waals surface area contributed by atoms with Gasteiger partial charge in [0, 0.05) is 117 Å². The summed E-state index contributed by atoms with van der Waals surface area (Å²) in [5.41, 5.74) is 15.6. The Balaban J connectivity index is 0.000000135. The van der Waals surface area contributed by atoms with Gasteiger partial charge in [0.1, 0.15) is 65.9 Å². The second kappa shape index (κ2) is 46.3. The van der Waals surface area contributed by atoms with Crippen molar-refractivity contribution < 1.29 is 41.8 Å². The van der Waals surface area contributed by atoms with Crippen LogP contribution >= 0.6 is 0 Å². The Morgan fingerprint density at radius 3 is 1.10 bits per heavy atom. The number of halogens is 1. The number of aromatic nitrogens is 25. The van der Waals surface area contributed by atoms with E-state index in [4.69, 9.17) is 38.3 Å². The quantitative estimate of drug-likeness (QED) is 0.0574. The summed E-state index contributed by atoms with van der Waals surface area (Å²) in [5.74, 6) is 8.23. The Hall–Kier alpha value is -18.5. The van der Waals surface area contributed by atoms with Gasteiger partial charge in [-0.25, -0.2) is 4.39 Å². The van der Waals surface area contributed by atoms with Crippen molar-refractivity contribution in [2.45, 2.75) is 80.4 Å². The van der Waals surface area contributed by atoms with E-state index in [1.807, 2.05) is 241 Å². The second-order valence-electron chi connectivity index (χ2n) is 31.0. The SMILES string of the molecule is C.C.C.C.C.COc1ccc2c(CCc3nnc4ccc(-c5ccccc5)nn34)ccnc2c1.COc1ccc2c(OCc3nnc4ccc(-c5cccc(F)c5)nn34)ccnc2c1.COc1ccc2c(OCc3nnc4cccnn34)ccnc2c1.COc1ccc2c(S(=O)Cc3nnc4ccc(-c5ccccc5)nn34)ccnc2c1.c1ccc(-c2ccc3nnc(COc4ccnc5ccccc45)n3n2)cc1. The maximum atomic E-state index is 13.6. The minimum atomic E-state index is -1.35. The first-order valence-corrected chi connectivity index (χ1v) is 45.0. The first-order valence-electron chi connectivity index (χ1n) is 43.7. The van der Waals surface area contributed by atoms with E-state index in [-0.39, 0.29) is 68.5 Å². The highest BCUT2D eigenvalue weighted by Crippen LogP contribution is 2.34. The van der Waals surface area contributed by atoms with Gasteiger partial charge in [-0.15, -0.1) is 51.0 Å². The van der Waals surface area contributed by atoms with Crippen molar-refractivity contribution in [3.05, 3.63) is 381 Å². The zero-order valence-corrected chi connectivity index (χ0v) is 75.6. The summed E-state index contributed by atoms with van der Waals surface area (Å²) in [6.07, 6.45) is 11.9. The molecule has 0 aliphatic carbocycles. The van der Waals surface area contributed by atoms with Crippen LogP contribution < -0.4 is 33.2 Å². The lowest BCUT2D eigenvalue weighted by Crippen LogP contribution is -2.05. The van der Waals surface area contributed by atoms with Gasteiger partial charge in [-0.3, -0.25) is 29.1 Å². The third-order valence-electron chi connectivity index (χ3n) is 22.5. The van der Waals surface area contributed by atoms with Crippen LogP contribution in [0.1, 0.15) is 71.8 Å². The monoisotopic (exact) mass is 1940 g/mol. The predicted octanol–water partition coefficient (Wildman–Crippen LogP) is 21.2. The number of nitrogens with zero attached hydrogens (tertiary/aromatic N) is 25. The molecule has 0 radical (unpaired) electrons. The molecule has 0 fully saturated rings. The molecule has 0 spiro atoms. The summed E-state index contributed by atoms with van der Waals surface area (Å²) in [6.45, 7) is 0.690. The third kappa shape index (κ3) is 22.3. The molecule has 35 heteroatoms. The van der Waals surface area contributed by atoms with E-state index in [1.165, 1.54) is 17.7 Å². The standard InChI is InChI=1S/C23H19N5O.C22H16FN5O2.C22H17N5O2S.C21H15N5O.C16H13N5O2.5CH4/c1-29-18-8-9-19-16(13-14-24-21(19)15-18)7-11-22-25-26-23-12-10-20(27-28(22)23)17-5-3-2-4-6-17;1-29-16-5-6-17-19(12-16)24-10-9-20(17)30-13-22-26-25-21-8-7-18(27-28(21)22)14-3-2-4-15(23)11-14;1-29-16-7-8-17-19(13-16)23-12-11-20(17)30(28)14-22-25-24-21-10-9-18(26-27(21)22)15-5-3-2-4-6-15;1-2-6-15(7-3-1)17-10-11-20-23-24-21(26(20)25-17)14-27-19-12-13-22-18-9-5-4-8-16(18)19;1-22-11-4-5-12-13(9-11)17-8-6-14(12)23-10-16-20-19-15-3-2-7-18-21(15)16;;;;;/h2-6,8-10,12-15H,7,11H2,1H3;2-12H,13H2,1H3;2-13H,14H2,1H3;1-13H,14H2;2-9H,10H2,1H3;5*1H4. The number of hydrogen-bond acceptors (Lipinski definition) is 28. The van der Waals surface area contributed by atoms with Gasteiger partial charge in [0.25, 0.3) is 0 Å². The lowest BCUT2D eigenvalue weighted by Gasteiger charge is -2.09. The lowest BCUT2D eigenvalue weighted by atomic mass is 10.0. The Labute approximate surface area is 829 Å². The molecular formula is C109H100FN25O8S. The van der Waals surface area contributed by atoms with Crippen molar-refractivity contribution in [2.24, 2.45) is 0 Å². The Morgan fingerprint density at radius 1 is 0.278 bits per heavy atom. The number of benzene rings is 9. The van der Waals surface area contributed by atoms with Gasteiger partial charge < -0.3 is 33.2 Å². The van der Waals surface area contributed by atoms with Gasteiger partial charge in [-0.1, -0.05) is 152 Å². The average Bonchev–Trinajstić information content (AvgIpc) is 1.18. The number of fused-ring (bicyclic) bond motifs is 10. The fourth-order valence-corrected chi connectivity index (χ4v) is 16.7. The maximum Gasteiger partial charge on any atom is 0.192 e. The average molecular weight is 1940 g/mol. The third-order valence-corrected chi connectivity index (χ3v) is 23.8. The maximum absolute atomic E-state index is 13.6. The predicted molar refractivity (Wildman–Crippen MR) is 555 cm³/mol. The Bertz CT molecular complexity index is 8560. The van der Waals surface area contributed by atoms with Crippen LogP contribution in [0.3, 0.4) is 0 Å². The summed E-state index contributed by atoms with van der Waals surface area (Å²) in [4.78, 5) is 22.6. The van der Waals surface area contributed by atoms with Gasteiger partial charge in [0.05, 0.1) is 100 Å². The van der Waals surface area contributed by atoms with Gasteiger partial charge in [0.2, 0.25) is 0 Å². The number of hydrogen-bond donors (Lipinski definition) is 0. The molecule has 1 unspecified atom stereocenters. The van der Waals surface area contributed by atoms with Crippen molar-refractivity contribution in [2.75, 3.05) is 28.4 Å². The minimum absolute atomic E-state index is 0. The molecule has 0 aliphatic heterocycles. The highest BCUT2D eigenvalue weighted by atomic mass is 32.2. The van der Waals surface area contributed by atoms with Crippen LogP contribution in [0, 0.1) is 5.82 Å². The smallest absolute Gasteiger partial charge is 0.192 e. The first kappa shape index (κ1) is 99.9. The fraction of sp³-hybridized carbons (Fsp3) is 0.138. The molecule has 0 saturated carbocycles. The normalized spacial score (nSPS) is 11.0. The summed E-state index contributed by atoms with van der Waals surface area (Å²) in [7, 11) is 5.17. The first-order chi connectivity index (χ1) is 68.5. The van der Waals surface area contributed by atoms with E-state index in [0.717, 1.165) is 141 Å². The van der Waals surface area contributed by atoms with Gasteiger partial charge >= 0.3 is 0 Å². The zero-order chi connectivity index (χ0) is 94.3. The van der Waals surface area contributed by atoms with Crippen LogP contribution in [0.4, 0.5) is 4.39 Å². The molecule has 722 valence electrons. The molecule has 24 rings (SSSR count). The molecule has 0 saturated heterocycles. The van der Waals surface area contributed by atoms with Crippen molar-refractivity contribution in [3.63, 3.8) is 0 Å². The van der Waals surface area contributed by atoms with E-state index in [1.54, 1.807) is 114 Å². The Kier molecular flexibility index (Phi) is 32.1. The molecule has 9 aromatic carbocycles.